The summed E-state index contributed by atoms with van der Waals surface area (Å²) in [7, 11) is 0. The largest absolute Gasteiger partial charge is 0.489 e. The number of nitrogen functional groups attached to an aromatic ring is 1. The second-order valence-electron chi connectivity index (χ2n) is 6.25. The molecule has 1 aliphatic heterocycles. The number of rotatable bonds is 6. The van der Waals surface area contributed by atoms with Gasteiger partial charge in [0.2, 0.25) is 0 Å². The Kier molecular flexibility index (Phi) is 5.74. The second kappa shape index (κ2) is 7.55. The Morgan fingerprint density at radius 3 is 2.57 bits per heavy atom. The van der Waals surface area contributed by atoms with Crippen molar-refractivity contribution in [2.24, 2.45) is 0 Å². The molecule has 1 atom stereocenters. The van der Waals surface area contributed by atoms with E-state index >= 15 is 0 Å². The van der Waals surface area contributed by atoms with Crippen molar-refractivity contribution in [3.05, 3.63) is 18.2 Å². The maximum absolute atomic E-state index is 5.95. The van der Waals surface area contributed by atoms with Gasteiger partial charge in [-0.25, -0.2) is 0 Å². The van der Waals surface area contributed by atoms with Gasteiger partial charge >= 0.3 is 0 Å². The van der Waals surface area contributed by atoms with Crippen LogP contribution in [0.4, 0.5) is 11.4 Å². The Balaban J connectivity index is 1.90. The van der Waals surface area contributed by atoms with E-state index in [-0.39, 0.29) is 6.10 Å². The summed E-state index contributed by atoms with van der Waals surface area (Å²) in [5.41, 5.74) is 7.72. The Hall–Kier alpha value is -1.42. The molecule has 2 rings (SSSR count). The number of hydrogen-bond donors (Lipinski definition) is 2. The minimum absolute atomic E-state index is 0.134. The van der Waals surface area contributed by atoms with Crippen LogP contribution < -0.4 is 15.8 Å². The zero-order valence-electron chi connectivity index (χ0n) is 13.6. The molecule has 0 radical (unpaired) electrons. The van der Waals surface area contributed by atoms with E-state index in [2.05, 4.69) is 17.1 Å². The average Bonchev–Trinajstić information content (AvgIpc) is 2.48. The lowest BCUT2D eigenvalue weighted by Crippen LogP contribution is -2.41. The van der Waals surface area contributed by atoms with Crippen LogP contribution in [0.5, 0.6) is 5.75 Å². The van der Waals surface area contributed by atoms with Crippen LogP contribution >= 0.6 is 0 Å². The molecule has 118 valence electrons. The standard InChI is InChI=1S/C17H29N3O/c1-13(2)21-17-11-15(7-8-16(17)18)19-12-14(3)20-9-5-4-6-10-20/h7-8,11,13-14,19H,4-6,9-10,12,18H2,1-3H3. The van der Waals surface area contributed by atoms with Crippen molar-refractivity contribution in [3.8, 4) is 5.75 Å². The summed E-state index contributed by atoms with van der Waals surface area (Å²) in [6.07, 6.45) is 4.18. The number of nitrogens with two attached hydrogens (primary N) is 1. The molecule has 1 heterocycles. The first-order valence-corrected chi connectivity index (χ1v) is 8.10. The minimum Gasteiger partial charge on any atom is -0.489 e. The fraction of sp³-hybridized carbons (Fsp3) is 0.647. The second-order valence-corrected chi connectivity index (χ2v) is 6.25. The lowest BCUT2D eigenvalue weighted by atomic mass is 10.1. The molecule has 0 aromatic heterocycles. The molecule has 1 saturated heterocycles. The Bertz CT molecular complexity index is 442. The quantitative estimate of drug-likeness (QED) is 0.789. The third-order valence-corrected chi connectivity index (χ3v) is 3.99. The Morgan fingerprint density at radius 2 is 1.90 bits per heavy atom. The number of ether oxygens (including phenoxy) is 1. The summed E-state index contributed by atoms with van der Waals surface area (Å²) in [5.74, 6) is 0.764. The Morgan fingerprint density at radius 1 is 1.19 bits per heavy atom. The summed E-state index contributed by atoms with van der Waals surface area (Å²) in [4.78, 5) is 2.57. The number of nitrogens with one attached hydrogen (secondary N) is 1. The maximum atomic E-state index is 5.95. The fourth-order valence-electron chi connectivity index (χ4n) is 2.75. The minimum atomic E-state index is 0.134. The number of likely N-dealkylation sites (tertiary alicyclic amines) is 1. The van der Waals surface area contributed by atoms with Crippen molar-refractivity contribution >= 4 is 11.4 Å². The highest BCUT2D eigenvalue weighted by Crippen LogP contribution is 2.26. The molecule has 21 heavy (non-hydrogen) atoms. The lowest BCUT2D eigenvalue weighted by molar-refractivity contribution is 0.180. The van der Waals surface area contributed by atoms with E-state index in [4.69, 9.17) is 10.5 Å². The molecule has 0 spiro atoms. The smallest absolute Gasteiger partial charge is 0.144 e. The molecular weight excluding hydrogens is 262 g/mol. The summed E-state index contributed by atoms with van der Waals surface area (Å²) >= 11 is 0. The zero-order chi connectivity index (χ0) is 15.2. The predicted octanol–water partition coefficient (Wildman–Crippen LogP) is 3.34. The molecule has 1 aliphatic rings. The molecule has 0 saturated carbocycles. The van der Waals surface area contributed by atoms with Gasteiger partial charge in [-0.1, -0.05) is 6.42 Å². The van der Waals surface area contributed by atoms with Gasteiger partial charge in [-0.3, -0.25) is 4.90 Å². The van der Waals surface area contributed by atoms with Gasteiger partial charge in [0.15, 0.2) is 0 Å². The molecule has 4 heteroatoms. The monoisotopic (exact) mass is 291 g/mol. The highest BCUT2D eigenvalue weighted by atomic mass is 16.5. The first-order valence-electron chi connectivity index (χ1n) is 8.10. The first kappa shape index (κ1) is 16.0. The summed E-state index contributed by atoms with van der Waals surface area (Å²) in [6.45, 7) is 9.72. The first-order chi connectivity index (χ1) is 10.1. The highest BCUT2D eigenvalue weighted by Gasteiger charge is 2.16. The van der Waals surface area contributed by atoms with E-state index in [1.54, 1.807) is 0 Å². The molecule has 0 amide bonds. The molecule has 1 aromatic rings. The van der Waals surface area contributed by atoms with Crippen LogP contribution in [-0.4, -0.2) is 36.7 Å². The number of anilines is 2. The van der Waals surface area contributed by atoms with Crippen molar-refractivity contribution in [2.75, 3.05) is 30.7 Å². The van der Waals surface area contributed by atoms with E-state index in [0.717, 1.165) is 18.0 Å². The van der Waals surface area contributed by atoms with Crippen LogP contribution in [0.15, 0.2) is 18.2 Å². The Labute approximate surface area is 128 Å². The van der Waals surface area contributed by atoms with Crippen LogP contribution in [0.1, 0.15) is 40.0 Å². The summed E-state index contributed by atoms with van der Waals surface area (Å²) < 4.78 is 5.73. The zero-order valence-corrected chi connectivity index (χ0v) is 13.6. The van der Waals surface area contributed by atoms with Crippen LogP contribution in [0.25, 0.3) is 0 Å². The van der Waals surface area contributed by atoms with E-state index < -0.39 is 0 Å². The van der Waals surface area contributed by atoms with Gasteiger partial charge in [0, 0.05) is 24.3 Å². The van der Waals surface area contributed by atoms with Gasteiger partial charge in [-0.05, 0) is 58.8 Å². The van der Waals surface area contributed by atoms with Gasteiger partial charge in [0.25, 0.3) is 0 Å². The lowest BCUT2D eigenvalue weighted by Gasteiger charge is -2.32. The third-order valence-electron chi connectivity index (χ3n) is 3.99. The summed E-state index contributed by atoms with van der Waals surface area (Å²) in [5, 5.41) is 3.51. The van der Waals surface area contributed by atoms with Crippen LogP contribution in [0.2, 0.25) is 0 Å². The number of nitrogens with zero attached hydrogens (tertiary/aromatic N) is 1. The normalized spacial score (nSPS) is 17.7. The van der Waals surface area contributed by atoms with E-state index in [1.807, 2.05) is 32.0 Å². The fourth-order valence-corrected chi connectivity index (χ4v) is 2.75. The van der Waals surface area contributed by atoms with Crippen molar-refractivity contribution in [1.82, 2.24) is 4.90 Å². The van der Waals surface area contributed by atoms with Gasteiger partial charge in [0.05, 0.1) is 11.8 Å². The van der Waals surface area contributed by atoms with E-state index in [9.17, 15) is 0 Å². The van der Waals surface area contributed by atoms with Crippen molar-refractivity contribution in [2.45, 2.75) is 52.2 Å². The molecule has 1 aromatic carbocycles. The maximum Gasteiger partial charge on any atom is 0.144 e. The number of piperidine rings is 1. The van der Waals surface area contributed by atoms with Crippen molar-refractivity contribution in [1.29, 1.82) is 0 Å². The summed E-state index contributed by atoms with van der Waals surface area (Å²) in [6, 6.07) is 6.48. The van der Waals surface area contributed by atoms with E-state index in [0.29, 0.717) is 11.7 Å². The van der Waals surface area contributed by atoms with Crippen molar-refractivity contribution < 1.29 is 4.74 Å². The molecular formula is C17H29N3O. The van der Waals surface area contributed by atoms with Crippen molar-refractivity contribution in [3.63, 3.8) is 0 Å². The topological polar surface area (TPSA) is 50.5 Å². The molecule has 1 unspecified atom stereocenters. The molecule has 0 aliphatic carbocycles. The van der Waals surface area contributed by atoms with Gasteiger partial charge in [-0.2, -0.15) is 0 Å². The molecule has 4 nitrogen and oxygen atoms in total. The van der Waals surface area contributed by atoms with Gasteiger partial charge < -0.3 is 15.8 Å². The number of hydrogen-bond acceptors (Lipinski definition) is 4. The van der Waals surface area contributed by atoms with E-state index in [1.165, 1.54) is 32.4 Å². The predicted molar refractivity (Wildman–Crippen MR) is 90.0 cm³/mol. The molecule has 1 fully saturated rings. The van der Waals surface area contributed by atoms with Gasteiger partial charge in [-0.15, -0.1) is 0 Å². The van der Waals surface area contributed by atoms with Crippen LogP contribution in [0.3, 0.4) is 0 Å². The number of benzene rings is 1. The third kappa shape index (κ3) is 4.81. The van der Waals surface area contributed by atoms with Crippen LogP contribution in [0, 0.1) is 0 Å². The molecule has 3 N–H and O–H groups in total. The van der Waals surface area contributed by atoms with Gasteiger partial charge in [0.1, 0.15) is 5.75 Å². The average molecular weight is 291 g/mol. The highest BCUT2D eigenvalue weighted by molar-refractivity contribution is 5.61. The molecule has 0 bridgehead atoms. The SMILES string of the molecule is CC(C)Oc1cc(NCC(C)N2CCCCC2)ccc1N. The van der Waals surface area contributed by atoms with Crippen LogP contribution in [-0.2, 0) is 0 Å².